The lowest BCUT2D eigenvalue weighted by molar-refractivity contribution is -0.0227. The van der Waals surface area contributed by atoms with Gasteiger partial charge in [-0.1, -0.05) is 6.92 Å². The highest BCUT2D eigenvalue weighted by molar-refractivity contribution is 7.82. The van der Waals surface area contributed by atoms with Crippen LogP contribution in [0.3, 0.4) is 0 Å². The number of rotatable bonds is 0. The molecular weight excluding hydrogens is 344 g/mol. The zero-order valence-corrected chi connectivity index (χ0v) is 14.9. The first-order valence-corrected chi connectivity index (χ1v) is 10.3. The van der Waals surface area contributed by atoms with E-state index >= 15 is 0 Å². The minimum atomic E-state index is -4.14. The topological polar surface area (TPSA) is 93.1 Å². The van der Waals surface area contributed by atoms with E-state index in [1.54, 1.807) is 6.07 Å². The molecule has 136 valence electrons. The minimum absolute atomic E-state index is 0.0395. The fourth-order valence-electron chi connectivity index (χ4n) is 6.03. The zero-order chi connectivity index (χ0) is 17.6. The molecule has 1 aliphatic heterocycles. The van der Waals surface area contributed by atoms with Crippen LogP contribution in [0.4, 0.5) is 0 Å². The van der Waals surface area contributed by atoms with Crippen molar-refractivity contribution < 1.29 is 27.0 Å². The molecule has 7 heteroatoms. The van der Waals surface area contributed by atoms with Crippen molar-refractivity contribution in [3.63, 3.8) is 0 Å². The molecule has 3 aliphatic carbocycles. The normalized spacial score (nSPS) is 40.2. The number of aliphatic hydroxyl groups is 1. The second kappa shape index (κ2) is 4.82. The largest absolute Gasteiger partial charge is 0.504 e. The van der Waals surface area contributed by atoms with Crippen LogP contribution in [0.15, 0.2) is 6.07 Å². The van der Waals surface area contributed by atoms with E-state index in [9.17, 15) is 18.6 Å². The van der Waals surface area contributed by atoms with Crippen LogP contribution in [0.2, 0.25) is 0 Å². The summed E-state index contributed by atoms with van der Waals surface area (Å²) in [6.07, 6.45) is 5.21. The Morgan fingerprint density at radius 2 is 1.92 bits per heavy atom. The van der Waals surface area contributed by atoms with Crippen molar-refractivity contribution in [3.8, 4) is 17.2 Å². The quantitative estimate of drug-likeness (QED) is 0.733. The molecule has 0 radical (unpaired) electrons. The lowest BCUT2D eigenvalue weighted by Crippen LogP contribution is -2.44. The van der Waals surface area contributed by atoms with Crippen LogP contribution in [0.25, 0.3) is 0 Å². The van der Waals surface area contributed by atoms with Crippen molar-refractivity contribution in [2.45, 2.75) is 57.5 Å². The van der Waals surface area contributed by atoms with E-state index in [1.165, 1.54) is 0 Å². The molecule has 4 aliphatic rings. The van der Waals surface area contributed by atoms with Crippen molar-refractivity contribution in [2.24, 2.45) is 17.3 Å². The summed E-state index contributed by atoms with van der Waals surface area (Å²) >= 11 is 0. The van der Waals surface area contributed by atoms with Crippen LogP contribution >= 0.6 is 0 Å². The molecule has 1 aromatic carbocycles. The van der Waals surface area contributed by atoms with Crippen molar-refractivity contribution in [1.82, 2.24) is 0 Å². The Morgan fingerprint density at radius 3 is 2.72 bits per heavy atom. The molecule has 6 nitrogen and oxygen atoms in total. The van der Waals surface area contributed by atoms with E-state index in [0.717, 1.165) is 49.7 Å². The van der Waals surface area contributed by atoms with Gasteiger partial charge in [0.05, 0.1) is 6.10 Å². The summed E-state index contributed by atoms with van der Waals surface area (Å²) < 4.78 is 33.5. The number of aromatic hydroxyl groups is 1. The van der Waals surface area contributed by atoms with Gasteiger partial charge in [0.25, 0.3) is 0 Å². The van der Waals surface area contributed by atoms with Gasteiger partial charge in [-0.05, 0) is 73.3 Å². The molecule has 1 aromatic rings. The van der Waals surface area contributed by atoms with E-state index in [1.807, 2.05) is 0 Å². The standard InChI is InChI=1S/C18H22O6S/c1-18-7-6-11-10(12(18)4-5-14(18)20)3-2-9-8-13(19)16-17(15(9)11)24-25(21,22)23-16/h8,10-12,14,19-20H,2-7H2,1H3/t10-,11-,12-,14-,18-/m0/s1. The van der Waals surface area contributed by atoms with Crippen LogP contribution in [0, 0.1) is 17.3 Å². The van der Waals surface area contributed by atoms with E-state index < -0.39 is 10.4 Å². The maximum absolute atomic E-state index is 11.8. The summed E-state index contributed by atoms with van der Waals surface area (Å²) in [6, 6.07) is 1.63. The molecule has 5 rings (SSSR count). The lowest BCUT2D eigenvalue weighted by atomic mass is 9.55. The fourth-order valence-corrected chi connectivity index (χ4v) is 6.80. The summed E-state index contributed by atoms with van der Waals surface area (Å²) in [5.41, 5.74) is 1.82. The Bertz CT molecular complexity index is 863. The molecule has 2 N–H and O–H groups in total. The Kier molecular flexibility index (Phi) is 3.04. The molecule has 1 heterocycles. The van der Waals surface area contributed by atoms with Gasteiger partial charge in [0, 0.05) is 5.56 Å². The molecule has 0 unspecified atom stereocenters. The predicted octanol–water partition coefficient (Wildman–Crippen LogP) is 2.63. The van der Waals surface area contributed by atoms with Gasteiger partial charge in [-0.3, -0.25) is 0 Å². The third kappa shape index (κ3) is 2.02. The van der Waals surface area contributed by atoms with E-state index in [2.05, 4.69) is 6.92 Å². The molecule has 2 fully saturated rings. The first-order valence-electron chi connectivity index (χ1n) is 9.01. The van der Waals surface area contributed by atoms with Crippen LogP contribution < -0.4 is 8.37 Å². The number of aryl methyl sites for hydroxylation is 1. The summed E-state index contributed by atoms with van der Waals surface area (Å²) in [5.74, 6) is 0.983. The van der Waals surface area contributed by atoms with E-state index in [0.29, 0.717) is 11.8 Å². The van der Waals surface area contributed by atoms with Crippen molar-refractivity contribution >= 4 is 10.4 Å². The van der Waals surface area contributed by atoms with Crippen LogP contribution in [-0.2, 0) is 16.8 Å². The Hall–Kier alpha value is -1.47. The highest BCUT2D eigenvalue weighted by atomic mass is 32.3. The highest BCUT2D eigenvalue weighted by Crippen LogP contribution is 2.63. The molecule has 0 bridgehead atoms. The molecule has 0 saturated heterocycles. The zero-order valence-electron chi connectivity index (χ0n) is 14.1. The Balaban J connectivity index is 1.62. The van der Waals surface area contributed by atoms with Crippen LogP contribution in [-0.4, -0.2) is 24.7 Å². The minimum Gasteiger partial charge on any atom is -0.504 e. The number of phenolic OH excluding ortho intramolecular Hbond substituents is 1. The predicted molar refractivity (Wildman–Crippen MR) is 88.9 cm³/mol. The van der Waals surface area contributed by atoms with Gasteiger partial charge in [-0.25, -0.2) is 0 Å². The van der Waals surface area contributed by atoms with E-state index in [-0.39, 0.29) is 34.7 Å². The number of benzene rings is 1. The Labute approximate surface area is 147 Å². The summed E-state index contributed by atoms with van der Waals surface area (Å²) in [5, 5.41) is 20.6. The third-order valence-corrected chi connectivity index (χ3v) is 7.96. The maximum atomic E-state index is 11.8. The molecule has 0 aromatic heterocycles. The van der Waals surface area contributed by atoms with Gasteiger partial charge >= 0.3 is 10.4 Å². The van der Waals surface area contributed by atoms with Gasteiger partial charge in [0.15, 0.2) is 11.5 Å². The maximum Gasteiger partial charge on any atom is 0.501 e. The highest BCUT2D eigenvalue weighted by Gasteiger charge is 2.55. The van der Waals surface area contributed by atoms with Crippen LogP contribution in [0.5, 0.6) is 17.2 Å². The smallest absolute Gasteiger partial charge is 0.501 e. The third-order valence-electron chi connectivity index (χ3n) is 7.22. The van der Waals surface area contributed by atoms with Crippen molar-refractivity contribution in [1.29, 1.82) is 0 Å². The average molecular weight is 366 g/mol. The molecule has 0 spiro atoms. The summed E-state index contributed by atoms with van der Waals surface area (Å²) in [4.78, 5) is 0. The SMILES string of the molecule is C[C@]12CC[C@@H]3c4c(cc(O)c5c4OS(=O)(=O)O5)CC[C@@H]3[C@@H]1CC[C@@H]2O. The first-order chi connectivity index (χ1) is 11.8. The molecule has 0 amide bonds. The van der Waals surface area contributed by atoms with Gasteiger partial charge in [-0.2, -0.15) is 0 Å². The van der Waals surface area contributed by atoms with Gasteiger partial charge in [-0.15, -0.1) is 8.42 Å². The van der Waals surface area contributed by atoms with Gasteiger partial charge < -0.3 is 18.6 Å². The number of phenols is 1. The number of hydrogen-bond donors (Lipinski definition) is 2. The first kappa shape index (κ1) is 15.8. The number of hydrogen-bond acceptors (Lipinski definition) is 6. The summed E-state index contributed by atoms with van der Waals surface area (Å²) in [6.45, 7) is 2.20. The second-order valence-corrected chi connectivity index (χ2v) is 9.40. The van der Waals surface area contributed by atoms with Crippen molar-refractivity contribution in [3.05, 3.63) is 17.2 Å². The molecule has 5 atom stereocenters. The molecule has 2 saturated carbocycles. The average Bonchev–Trinajstić information content (AvgIpc) is 3.04. The van der Waals surface area contributed by atoms with E-state index in [4.69, 9.17) is 8.37 Å². The summed E-state index contributed by atoms with van der Waals surface area (Å²) in [7, 11) is -4.14. The van der Waals surface area contributed by atoms with Gasteiger partial charge in [0.2, 0.25) is 5.75 Å². The lowest BCUT2D eigenvalue weighted by Gasteiger charge is -2.50. The second-order valence-electron chi connectivity index (χ2n) is 8.25. The van der Waals surface area contributed by atoms with Crippen molar-refractivity contribution in [2.75, 3.05) is 0 Å². The van der Waals surface area contributed by atoms with Crippen LogP contribution in [0.1, 0.15) is 56.1 Å². The molecule has 25 heavy (non-hydrogen) atoms. The van der Waals surface area contributed by atoms with Gasteiger partial charge in [0.1, 0.15) is 0 Å². The fraction of sp³-hybridized carbons (Fsp3) is 0.667. The monoisotopic (exact) mass is 366 g/mol. The number of aliphatic hydroxyl groups excluding tert-OH is 1. The Morgan fingerprint density at radius 1 is 1.16 bits per heavy atom. The molecular formula is C18H22O6S. The number of fused-ring (bicyclic) bond motifs is 7.